The highest BCUT2D eigenvalue weighted by atomic mass is 19.1. The third-order valence-electron chi connectivity index (χ3n) is 5.65. The summed E-state index contributed by atoms with van der Waals surface area (Å²) in [6.07, 6.45) is 10.6. The highest BCUT2D eigenvalue weighted by Crippen LogP contribution is 2.46. The molecule has 2 heterocycles. The van der Waals surface area contributed by atoms with Gasteiger partial charge in [-0.05, 0) is 50.0 Å². The van der Waals surface area contributed by atoms with Crippen molar-refractivity contribution < 1.29 is 13.6 Å². The van der Waals surface area contributed by atoms with Crippen LogP contribution in [0.5, 0.6) is 0 Å². The smallest absolute Gasteiger partial charge is 0.262 e. The molecule has 0 aliphatic heterocycles. The first kappa shape index (κ1) is 17.7. The van der Waals surface area contributed by atoms with Crippen LogP contribution in [0.3, 0.4) is 0 Å². The van der Waals surface area contributed by atoms with Gasteiger partial charge in [0, 0.05) is 0 Å². The van der Waals surface area contributed by atoms with E-state index in [1.54, 1.807) is 6.20 Å². The molecule has 2 aromatic heterocycles. The van der Waals surface area contributed by atoms with Crippen LogP contribution in [-0.2, 0) is 0 Å². The Bertz CT molecular complexity index is 890. The van der Waals surface area contributed by atoms with Crippen molar-refractivity contribution in [3.8, 4) is 0 Å². The largest absolute Gasteiger partial charge is 0.305 e. The third-order valence-corrected chi connectivity index (χ3v) is 5.65. The van der Waals surface area contributed by atoms with Gasteiger partial charge in [-0.2, -0.15) is 0 Å². The molecule has 2 unspecified atom stereocenters. The molecule has 7 heteroatoms. The average Bonchev–Trinajstić information content (AvgIpc) is 3.09. The van der Waals surface area contributed by atoms with Crippen molar-refractivity contribution in [3.05, 3.63) is 53.3 Å². The van der Waals surface area contributed by atoms with Gasteiger partial charge in [0.05, 0.1) is 30.5 Å². The molecule has 0 bridgehead atoms. The van der Waals surface area contributed by atoms with E-state index in [2.05, 4.69) is 27.2 Å². The Morgan fingerprint density at radius 3 is 2.41 bits per heavy atom. The zero-order chi connectivity index (χ0) is 19.0. The molecular weight excluding hydrogens is 350 g/mol. The molecule has 27 heavy (non-hydrogen) atoms. The molecule has 140 valence electrons. The van der Waals surface area contributed by atoms with Crippen molar-refractivity contribution in [2.45, 2.75) is 39.0 Å². The lowest BCUT2D eigenvalue weighted by molar-refractivity contribution is 0.101. The molecule has 2 aliphatic carbocycles. The number of allylic oxidation sites excluding steroid dienone is 2. The summed E-state index contributed by atoms with van der Waals surface area (Å²) >= 11 is 0. The van der Waals surface area contributed by atoms with Crippen LogP contribution in [0.1, 0.15) is 55.1 Å². The normalized spacial score (nSPS) is 21.9. The Kier molecular flexibility index (Phi) is 4.68. The van der Waals surface area contributed by atoms with Crippen molar-refractivity contribution >= 4 is 17.3 Å². The quantitative estimate of drug-likeness (QED) is 0.870. The maximum absolute atomic E-state index is 13.7. The van der Waals surface area contributed by atoms with Crippen LogP contribution in [-0.4, -0.2) is 20.9 Å². The van der Waals surface area contributed by atoms with Crippen molar-refractivity contribution in [1.82, 2.24) is 15.0 Å². The Balaban J connectivity index is 1.51. The van der Waals surface area contributed by atoms with E-state index in [1.807, 2.05) is 0 Å². The minimum atomic E-state index is -1.02. The van der Waals surface area contributed by atoms with Gasteiger partial charge in [0.25, 0.3) is 5.91 Å². The number of hydrogen-bond acceptors (Lipinski definition) is 4. The molecule has 2 atom stereocenters. The standard InChI is InChI=1S/C20H20F2N4O/c1-11-5-12-3-2-4-13(12)6-14(11)17-9-25-18(10-24-17)26-20(27)19-15(21)7-23-8-16(19)22/h7-10,12-13H,2-6H2,1H3,(H,25,26,27). The van der Waals surface area contributed by atoms with Crippen LogP contribution in [0.4, 0.5) is 14.6 Å². The minimum Gasteiger partial charge on any atom is -0.305 e. The third kappa shape index (κ3) is 3.46. The first-order valence-corrected chi connectivity index (χ1v) is 9.14. The van der Waals surface area contributed by atoms with Crippen LogP contribution in [0.25, 0.3) is 5.57 Å². The number of carbonyl (C=O) groups excluding carboxylic acids is 1. The van der Waals surface area contributed by atoms with E-state index in [-0.39, 0.29) is 5.82 Å². The fraction of sp³-hybridized carbons (Fsp3) is 0.400. The second kappa shape index (κ2) is 7.13. The number of nitrogens with zero attached hydrogens (tertiary/aromatic N) is 3. The predicted molar refractivity (Wildman–Crippen MR) is 96.8 cm³/mol. The van der Waals surface area contributed by atoms with Crippen LogP contribution in [0, 0.1) is 23.5 Å². The van der Waals surface area contributed by atoms with E-state index in [0.717, 1.165) is 42.8 Å². The topological polar surface area (TPSA) is 67.8 Å². The van der Waals surface area contributed by atoms with Crippen LogP contribution in [0.15, 0.2) is 30.4 Å². The fourth-order valence-electron chi connectivity index (χ4n) is 4.28. The summed E-state index contributed by atoms with van der Waals surface area (Å²) in [5.74, 6) is -1.30. The number of carbonyl (C=O) groups is 1. The van der Waals surface area contributed by atoms with Gasteiger partial charge in [0.15, 0.2) is 17.5 Å². The van der Waals surface area contributed by atoms with Gasteiger partial charge in [0.2, 0.25) is 0 Å². The van der Waals surface area contributed by atoms with Crippen molar-refractivity contribution in [3.63, 3.8) is 0 Å². The summed E-state index contributed by atoms with van der Waals surface area (Å²) < 4.78 is 27.3. The molecule has 0 spiro atoms. The van der Waals surface area contributed by atoms with Gasteiger partial charge in [-0.15, -0.1) is 0 Å². The number of hydrogen-bond donors (Lipinski definition) is 1. The first-order chi connectivity index (χ1) is 13.0. The van der Waals surface area contributed by atoms with Crippen LogP contribution in [0.2, 0.25) is 0 Å². The molecule has 1 N–H and O–H groups in total. The summed E-state index contributed by atoms with van der Waals surface area (Å²) in [5.41, 5.74) is 2.70. The SMILES string of the molecule is CC1=C(c2cnc(NC(=O)c3c(F)cncc3F)cn2)CC2CCCC2C1. The number of rotatable bonds is 3. The zero-order valence-corrected chi connectivity index (χ0v) is 15.0. The number of nitrogens with one attached hydrogen (secondary N) is 1. The zero-order valence-electron chi connectivity index (χ0n) is 15.0. The van der Waals surface area contributed by atoms with Crippen LogP contribution < -0.4 is 5.32 Å². The number of halogens is 2. The molecule has 2 aromatic rings. The van der Waals surface area contributed by atoms with Gasteiger partial charge in [-0.3, -0.25) is 14.8 Å². The molecule has 4 rings (SSSR count). The molecule has 0 aromatic carbocycles. The number of anilines is 1. The highest BCUT2D eigenvalue weighted by Gasteiger charge is 2.33. The van der Waals surface area contributed by atoms with E-state index in [0.29, 0.717) is 0 Å². The second-order valence-corrected chi connectivity index (χ2v) is 7.34. The molecule has 1 fully saturated rings. The maximum atomic E-state index is 13.7. The van der Waals surface area contributed by atoms with Gasteiger partial charge >= 0.3 is 0 Å². The minimum absolute atomic E-state index is 0.146. The van der Waals surface area contributed by atoms with Gasteiger partial charge < -0.3 is 5.32 Å². The highest BCUT2D eigenvalue weighted by molar-refractivity contribution is 6.04. The van der Waals surface area contributed by atoms with Gasteiger partial charge in [0.1, 0.15) is 5.56 Å². The lowest BCUT2D eigenvalue weighted by atomic mass is 9.77. The number of amides is 1. The monoisotopic (exact) mass is 370 g/mol. The Labute approximate surface area is 156 Å². The average molecular weight is 370 g/mol. The van der Waals surface area contributed by atoms with Gasteiger partial charge in [-0.25, -0.2) is 13.8 Å². The second-order valence-electron chi connectivity index (χ2n) is 7.34. The molecule has 5 nitrogen and oxygen atoms in total. The Hall–Kier alpha value is -2.70. The Morgan fingerprint density at radius 1 is 1.04 bits per heavy atom. The van der Waals surface area contributed by atoms with E-state index >= 15 is 0 Å². The molecule has 1 amide bonds. The number of pyridine rings is 1. The molecular formula is C20H20F2N4O. The van der Waals surface area contributed by atoms with E-state index in [4.69, 9.17) is 0 Å². The molecule has 0 saturated heterocycles. The number of fused-ring (bicyclic) bond motifs is 1. The van der Waals surface area contributed by atoms with Gasteiger partial charge in [-0.1, -0.05) is 12.0 Å². The number of aromatic nitrogens is 3. The van der Waals surface area contributed by atoms with E-state index in [9.17, 15) is 13.6 Å². The summed E-state index contributed by atoms with van der Waals surface area (Å²) in [7, 11) is 0. The van der Waals surface area contributed by atoms with Crippen molar-refractivity contribution in [1.29, 1.82) is 0 Å². The summed E-state index contributed by atoms with van der Waals surface area (Å²) in [6.45, 7) is 2.15. The predicted octanol–water partition coefficient (Wildman–Crippen LogP) is 4.39. The first-order valence-electron chi connectivity index (χ1n) is 9.14. The maximum Gasteiger partial charge on any atom is 0.262 e. The Morgan fingerprint density at radius 2 is 1.74 bits per heavy atom. The van der Waals surface area contributed by atoms with E-state index in [1.165, 1.54) is 36.6 Å². The molecule has 0 radical (unpaired) electrons. The van der Waals surface area contributed by atoms with E-state index < -0.39 is 23.1 Å². The summed E-state index contributed by atoms with van der Waals surface area (Å²) in [6, 6.07) is 0. The summed E-state index contributed by atoms with van der Waals surface area (Å²) in [4.78, 5) is 24.1. The molecule has 1 saturated carbocycles. The summed E-state index contributed by atoms with van der Waals surface area (Å²) in [5, 5.41) is 2.38. The molecule has 2 aliphatic rings. The van der Waals surface area contributed by atoms with Crippen molar-refractivity contribution in [2.24, 2.45) is 11.8 Å². The lowest BCUT2D eigenvalue weighted by Crippen LogP contribution is -2.18. The van der Waals surface area contributed by atoms with Crippen LogP contribution >= 0.6 is 0 Å². The van der Waals surface area contributed by atoms with Crippen molar-refractivity contribution in [2.75, 3.05) is 5.32 Å². The lowest BCUT2D eigenvalue weighted by Gasteiger charge is -2.28. The fourth-order valence-corrected chi connectivity index (χ4v) is 4.28.